The molecule has 1 aliphatic heterocycles. The Morgan fingerprint density at radius 3 is 2.16 bits per heavy atom. The van der Waals surface area contributed by atoms with Crippen molar-refractivity contribution >= 4 is 11.8 Å². The number of nitrogens with zero attached hydrogens (tertiary/aromatic N) is 2. The number of hydrogen-bond acceptors (Lipinski definition) is 4. The van der Waals surface area contributed by atoms with Crippen LogP contribution in [-0.2, 0) is 11.0 Å². The molecule has 1 fully saturated rings. The van der Waals surface area contributed by atoms with Gasteiger partial charge < -0.3 is 19.3 Å². The molecule has 1 aliphatic rings. The van der Waals surface area contributed by atoms with E-state index in [2.05, 4.69) is 0 Å². The summed E-state index contributed by atoms with van der Waals surface area (Å²) >= 11 is 0. The molecule has 0 radical (unpaired) electrons. The van der Waals surface area contributed by atoms with E-state index in [1.165, 1.54) is 19.2 Å². The van der Waals surface area contributed by atoms with Crippen LogP contribution in [0.4, 0.5) is 13.2 Å². The predicted octanol–water partition coefficient (Wildman–Crippen LogP) is 3.47. The molecule has 1 heterocycles. The molecule has 0 saturated carbocycles. The van der Waals surface area contributed by atoms with Gasteiger partial charge in [-0.3, -0.25) is 9.59 Å². The fourth-order valence-corrected chi connectivity index (χ4v) is 3.32. The summed E-state index contributed by atoms with van der Waals surface area (Å²) in [5.41, 5.74) is -0.612. The molecule has 2 aromatic rings. The van der Waals surface area contributed by atoms with Crippen LogP contribution >= 0.6 is 0 Å². The van der Waals surface area contributed by atoms with Gasteiger partial charge in [0, 0.05) is 31.7 Å². The summed E-state index contributed by atoms with van der Waals surface area (Å²) in [6.07, 6.45) is -3.89. The van der Waals surface area contributed by atoms with Gasteiger partial charge in [-0.2, -0.15) is 13.2 Å². The van der Waals surface area contributed by atoms with Crippen LogP contribution < -0.4 is 9.47 Å². The highest BCUT2D eigenvalue weighted by Gasteiger charge is 2.30. The first-order valence-corrected chi connectivity index (χ1v) is 9.79. The van der Waals surface area contributed by atoms with E-state index in [4.69, 9.17) is 9.47 Å². The Labute approximate surface area is 178 Å². The Kier molecular flexibility index (Phi) is 7.04. The number of methoxy groups -OCH3 is 1. The zero-order chi connectivity index (χ0) is 22.4. The third-order valence-corrected chi connectivity index (χ3v) is 5.02. The van der Waals surface area contributed by atoms with Crippen molar-refractivity contribution in [1.82, 2.24) is 9.80 Å². The predicted molar refractivity (Wildman–Crippen MR) is 107 cm³/mol. The van der Waals surface area contributed by atoms with E-state index >= 15 is 0 Å². The molecular weight excluding hydrogens is 413 g/mol. The molecule has 1 saturated heterocycles. The number of carbonyl (C=O) groups excluding carboxylic acids is 2. The second kappa shape index (κ2) is 9.72. The van der Waals surface area contributed by atoms with Crippen LogP contribution in [0.25, 0.3) is 0 Å². The van der Waals surface area contributed by atoms with Crippen LogP contribution in [-0.4, -0.2) is 61.5 Å². The standard InChI is InChI=1S/C22H23F3N2O4/c1-30-18-5-2-3-6-19(18)31-15-20(28)26-11-4-12-27(14-13-26)21(29)16-7-9-17(10-8-16)22(23,24)25/h2-3,5-10H,4,11-15H2,1H3. The number of ether oxygens (including phenoxy) is 2. The number of amides is 2. The quantitative estimate of drug-likeness (QED) is 0.720. The van der Waals surface area contributed by atoms with E-state index in [0.717, 1.165) is 12.1 Å². The van der Waals surface area contributed by atoms with Gasteiger partial charge in [0.1, 0.15) is 0 Å². The van der Waals surface area contributed by atoms with Crippen LogP contribution in [0.5, 0.6) is 11.5 Å². The van der Waals surface area contributed by atoms with Gasteiger partial charge in [0.15, 0.2) is 18.1 Å². The summed E-state index contributed by atoms with van der Waals surface area (Å²) in [7, 11) is 1.51. The zero-order valence-electron chi connectivity index (χ0n) is 17.0. The van der Waals surface area contributed by atoms with Crippen LogP contribution in [0.1, 0.15) is 22.3 Å². The highest BCUT2D eigenvalue weighted by molar-refractivity contribution is 5.94. The minimum Gasteiger partial charge on any atom is -0.493 e. The maximum Gasteiger partial charge on any atom is 0.416 e. The lowest BCUT2D eigenvalue weighted by molar-refractivity contribution is -0.137. The van der Waals surface area contributed by atoms with Crippen molar-refractivity contribution in [1.29, 1.82) is 0 Å². The molecule has 0 unspecified atom stereocenters. The normalized spacial score (nSPS) is 14.7. The Morgan fingerprint density at radius 2 is 1.52 bits per heavy atom. The minimum absolute atomic E-state index is 0.159. The molecule has 2 aromatic carbocycles. The van der Waals surface area contributed by atoms with Crippen molar-refractivity contribution in [3.8, 4) is 11.5 Å². The Bertz CT molecular complexity index is 916. The van der Waals surface area contributed by atoms with Crippen molar-refractivity contribution in [2.75, 3.05) is 39.9 Å². The maximum atomic E-state index is 12.7. The highest BCUT2D eigenvalue weighted by atomic mass is 19.4. The number of halogens is 3. The van der Waals surface area contributed by atoms with E-state index in [9.17, 15) is 22.8 Å². The average molecular weight is 436 g/mol. The summed E-state index contributed by atoms with van der Waals surface area (Å²) in [4.78, 5) is 28.4. The molecule has 0 bridgehead atoms. The molecule has 0 aromatic heterocycles. The topological polar surface area (TPSA) is 59.1 Å². The second-order valence-corrected chi connectivity index (χ2v) is 7.04. The number of carbonyl (C=O) groups is 2. The molecule has 0 N–H and O–H groups in total. The number of alkyl halides is 3. The summed E-state index contributed by atoms with van der Waals surface area (Å²) in [5.74, 6) is 0.426. The summed E-state index contributed by atoms with van der Waals surface area (Å²) < 4.78 is 48.9. The first kappa shape index (κ1) is 22.5. The van der Waals surface area contributed by atoms with Gasteiger partial charge in [0.05, 0.1) is 12.7 Å². The molecule has 31 heavy (non-hydrogen) atoms. The van der Waals surface area contributed by atoms with Gasteiger partial charge >= 0.3 is 6.18 Å². The number of hydrogen-bond donors (Lipinski definition) is 0. The van der Waals surface area contributed by atoms with Gasteiger partial charge in [-0.1, -0.05) is 12.1 Å². The number of para-hydroxylation sites is 2. The monoisotopic (exact) mass is 436 g/mol. The average Bonchev–Trinajstić information content (AvgIpc) is 3.03. The third kappa shape index (κ3) is 5.68. The van der Waals surface area contributed by atoms with E-state index in [1.807, 2.05) is 0 Å². The largest absolute Gasteiger partial charge is 0.493 e. The van der Waals surface area contributed by atoms with Gasteiger partial charge in [0.2, 0.25) is 0 Å². The first-order valence-electron chi connectivity index (χ1n) is 9.79. The fourth-order valence-electron chi connectivity index (χ4n) is 3.32. The molecule has 0 spiro atoms. The van der Waals surface area contributed by atoms with Crippen molar-refractivity contribution in [2.45, 2.75) is 12.6 Å². The van der Waals surface area contributed by atoms with Crippen LogP contribution in [0.3, 0.4) is 0 Å². The lowest BCUT2D eigenvalue weighted by Gasteiger charge is -2.22. The second-order valence-electron chi connectivity index (χ2n) is 7.04. The van der Waals surface area contributed by atoms with Gasteiger partial charge in [-0.15, -0.1) is 0 Å². The van der Waals surface area contributed by atoms with Crippen molar-refractivity contribution in [3.63, 3.8) is 0 Å². The molecule has 6 nitrogen and oxygen atoms in total. The van der Waals surface area contributed by atoms with E-state index in [0.29, 0.717) is 44.1 Å². The van der Waals surface area contributed by atoms with Crippen LogP contribution in [0, 0.1) is 0 Å². The van der Waals surface area contributed by atoms with Gasteiger partial charge in [-0.05, 0) is 42.8 Å². The molecule has 9 heteroatoms. The fraction of sp³-hybridized carbons (Fsp3) is 0.364. The minimum atomic E-state index is -4.45. The SMILES string of the molecule is COc1ccccc1OCC(=O)N1CCCN(C(=O)c2ccc(C(F)(F)F)cc2)CC1. The Morgan fingerprint density at radius 1 is 0.903 bits per heavy atom. The van der Waals surface area contributed by atoms with Crippen LogP contribution in [0.15, 0.2) is 48.5 Å². The third-order valence-electron chi connectivity index (χ3n) is 5.02. The van der Waals surface area contributed by atoms with Gasteiger partial charge in [-0.25, -0.2) is 0 Å². The molecule has 0 aliphatic carbocycles. The summed E-state index contributed by atoms with van der Waals surface area (Å²) in [6, 6.07) is 11.2. The van der Waals surface area contributed by atoms with Crippen molar-refractivity contribution in [3.05, 3.63) is 59.7 Å². The smallest absolute Gasteiger partial charge is 0.416 e. The molecule has 0 atom stereocenters. The summed E-state index contributed by atoms with van der Waals surface area (Å²) in [6.45, 7) is 1.33. The lowest BCUT2D eigenvalue weighted by atomic mass is 10.1. The Hall–Kier alpha value is -3.23. The summed E-state index contributed by atoms with van der Waals surface area (Å²) in [5, 5.41) is 0. The van der Waals surface area contributed by atoms with E-state index < -0.39 is 11.7 Å². The number of rotatable bonds is 5. The molecular formula is C22H23F3N2O4. The zero-order valence-corrected chi connectivity index (χ0v) is 17.0. The van der Waals surface area contributed by atoms with E-state index in [-0.39, 0.29) is 24.0 Å². The van der Waals surface area contributed by atoms with Crippen LogP contribution in [0.2, 0.25) is 0 Å². The van der Waals surface area contributed by atoms with Crippen molar-refractivity contribution in [2.24, 2.45) is 0 Å². The Balaban J connectivity index is 1.56. The van der Waals surface area contributed by atoms with Crippen molar-refractivity contribution < 1.29 is 32.2 Å². The first-order chi connectivity index (χ1) is 14.8. The van der Waals surface area contributed by atoms with Gasteiger partial charge in [0.25, 0.3) is 11.8 Å². The van der Waals surface area contributed by atoms with E-state index in [1.54, 1.807) is 34.1 Å². The molecule has 2 amide bonds. The number of benzene rings is 2. The lowest BCUT2D eigenvalue weighted by Crippen LogP contribution is -2.39. The highest BCUT2D eigenvalue weighted by Crippen LogP contribution is 2.29. The molecule has 3 rings (SSSR count). The molecule has 166 valence electrons. The maximum absolute atomic E-state index is 12.7.